The molecular weight excluding hydrogens is 304 g/mol. The van der Waals surface area contributed by atoms with E-state index in [0.29, 0.717) is 18.7 Å². The lowest BCUT2D eigenvalue weighted by atomic mass is 10.2. The molecule has 6 nitrogen and oxygen atoms in total. The summed E-state index contributed by atoms with van der Waals surface area (Å²) in [5, 5.41) is 6.05. The van der Waals surface area contributed by atoms with Gasteiger partial charge in [0.1, 0.15) is 6.10 Å². The maximum atomic E-state index is 11.9. The maximum Gasteiger partial charge on any atom is 0.253 e. The van der Waals surface area contributed by atoms with Crippen LogP contribution in [0.25, 0.3) is 0 Å². The van der Waals surface area contributed by atoms with Crippen LogP contribution in [0.5, 0.6) is 0 Å². The van der Waals surface area contributed by atoms with E-state index in [1.165, 1.54) is 0 Å². The molecular formula is C15H20N2O4S. The third-order valence-corrected chi connectivity index (χ3v) is 5.75. The minimum Gasteiger partial charge on any atom is -0.381 e. The van der Waals surface area contributed by atoms with Gasteiger partial charge in [-0.1, -0.05) is 0 Å². The molecule has 2 atom stereocenters. The first-order chi connectivity index (χ1) is 10.5. The quantitative estimate of drug-likeness (QED) is 0.874. The van der Waals surface area contributed by atoms with Crippen LogP contribution in [0, 0.1) is 0 Å². The SMILES string of the molecule is O=C(Nc1ccc(NC2CCS(=O)(=O)C2)cc1)C1CCCO1. The highest BCUT2D eigenvalue weighted by Gasteiger charge is 2.27. The molecule has 0 aromatic heterocycles. The highest BCUT2D eigenvalue weighted by atomic mass is 32.2. The molecule has 7 heteroatoms. The van der Waals surface area contributed by atoms with E-state index in [4.69, 9.17) is 4.74 Å². The molecule has 0 aliphatic carbocycles. The van der Waals surface area contributed by atoms with Gasteiger partial charge >= 0.3 is 0 Å². The Morgan fingerprint density at radius 1 is 1.14 bits per heavy atom. The summed E-state index contributed by atoms with van der Waals surface area (Å²) in [4.78, 5) is 11.9. The topological polar surface area (TPSA) is 84.5 Å². The van der Waals surface area contributed by atoms with Crippen molar-refractivity contribution < 1.29 is 17.9 Å². The van der Waals surface area contributed by atoms with Crippen molar-refractivity contribution in [3.8, 4) is 0 Å². The summed E-state index contributed by atoms with van der Waals surface area (Å²) in [6.07, 6.45) is 1.98. The molecule has 2 aliphatic rings. The van der Waals surface area contributed by atoms with Crippen molar-refractivity contribution in [3.05, 3.63) is 24.3 Å². The Balaban J connectivity index is 1.55. The summed E-state index contributed by atoms with van der Waals surface area (Å²) in [6, 6.07) is 7.26. The number of rotatable bonds is 4. The Morgan fingerprint density at radius 3 is 2.45 bits per heavy atom. The Bertz CT molecular complexity index is 636. The smallest absolute Gasteiger partial charge is 0.253 e. The lowest BCUT2D eigenvalue weighted by Crippen LogP contribution is -2.26. The lowest BCUT2D eigenvalue weighted by Gasteiger charge is -2.14. The van der Waals surface area contributed by atoms with Crippen LogP contribution < -0.4 is 10.6 Å². The molecule has 3 rings (SSSR count). The number of hydrogen-bond acceptors (Lipinski definition) is 5. The van der Waals surface area contributed by atoms with E-state index in [9.17, 15) is 13.2 Å². The average molecular weight is 324 g/mol. The van der Waals surface area contributed by atoms with Crippen molar-refractivity contribution in [1.82, 2.24) is 0 Å². The van der Waals surface area contributed by atoms with E-state index in [1.807, 2.05) is 12.1 Å². The normalized spacial score (nSPS) is 26.7. The highest BCUT2D eigenvalue weighted by molar-refractivity contribution is 7.91. The number of sulfone groups is 1. The molecule has 2 heterocycles. The number of anilines is 2. The van der Waals surface area contributed by atoms with Crippen LogP contribution in [0.15, 0.2) is 24.3 Å². The van der Waals surface area contributed by atoms with Crippen molar-refractivity contribution >= 4 is 27.1 Å². The van der Waals surface area contributed by atoms with Crippen molar-refractivity contribution in [2.75, 3.05) is 28.7 Å². The van der Waals surface area contributed by atoms with E-state index < -0.39 is 9.84 Å². The van der Waals surface area contributed by atoms with E-state index in [0.717, 1.165) is 18.5 Å². The van der Waals surface area contributed by atoms with Gasteiger partial charge in [0, 0.05) is 24.0 Å². The molecule has 2 saturated heterocycles. The molecule has 1 aromatic rings. The second-order valence-electron chi connectivity index (χ2n) is 5.81. The molecule has 2 fully saturated rings. The number of carbonyl (C=O) groups excluding carboxylic acids is 1. The lowest BCUT2D eigenvalue weighted by molar-refractivity contribution is -0.124. The van der Waals surface area contributed by atoms with E-state index >= 15 is 0 Å². The standard InChI is InChI=1S/C15H20N2O4S/c18-15(14-2-1-8-21-14)17-12-5-3-11(4-6-12)16-13-7-9-22(19,20)10-13/h3-6,13-14,16H,1-2,7-10H2,(H,17,18). The van der Waals surface area contributed by atoms with Crippen molar-refractivity contribution in [2.24, 2.45) is 0 Å². The zero-order valence-corrected chi connectivity index (χ0v) is 13.1. The van der Waals surface area contributed by atoms with Gasteiger partial charge in [0.05, 0.1) is 11.5 Å². The van der Waals surface area contributed by atoms with Gasteiger partial charge in [-0.15, -0.1) is 0 Å². The molecule has 2 unspecified atom stereocenters. The van der Waals surface area contributed by atoms with Gasteiger partial charge in [-0.3, -0.25) is 4.79 Å². The maximum absolute atomic E-state index is 11.9. The minimum absolute atomic E-state index is 0.0303. The van der Waals surface area contributed by atoms with Gasteiger partial charge in [0.15, 0.2) is 9.84 Å². The minimum atomic E-state index is -2.88. The Hall–Kier alpha value is -1.60. The van der Waals surface area contributed by atoms with Crippen LogP contribution in [-0.2, 0) is 19.4 Å². The first kappa shape index (κ1) is 15.3. The van der Waals surface area contributed by atoms with E-state index in [-0.39, 0.29) is 29.6 Å². The largest absolute Gasteiger partial charge is 0.381 e. The number of ether oxygens (including phenoxy) is 1. The summed E-state index contributed by atoms with van der Waals surface area (Å²) in [5.41, 5.74) is 1.57. The fourth-order valence-electron chi connectivity index (χ4n) is 2.80. The monoisotopic (exact) mass is 324 g/mol. The van der Waals surface area contributed by atoms with Crippen LogP contribution in [-0.4, -0.2) is 44.6 Å². The summed E-state index contributed by atoms with van der Waals surface area (Å²) < 4.78 is 28.2. The molecule has 0 radical (unpaired) electrons. The highest BCUT2D eigenvalue weighted by Crippen LogP contribution is 2.20. The predicted molar refractivity (Wildman–Crippen MR) is 84.7 cm³/mol. The van der Waals surface area contributed by atoms with Crippen molar-refractivity contribution in [2.45, 2.75) is 31.4 Å². The summed E-state index contributed by atoms with van der Waals surface area (Å²) in [7, 11) is -2.88. The van der Waals surface area contributed by atoms with Crippen molar-refractivity contribution in [1.29, 1.82) is 0 Å². The van der Waals surface area contributed by atoms with Gasteiger partial charge in [0.2, 0.25) is 0 Å². The van der Waals surface area contributed by atoms with Gasteiger partial charge in [0.25, 0.3) is 5.91 Å². The first-order valence-electron chi connectivity index (χ1n) is 7.51. The molecule has 22 heavy (non-hydrogen) atoms. The van der Waals surface area contributed by atoms with Crippen LogP contribution in [0.4, 0.5) is 11.4 Å². The zero-order chi connectivity index (χ0) is 15.6. The van der Waals surface area contributed by atoms with Crippen molar-refractivity contribution in [3.63, 3.8) is 0 Å². The van der Waals surface area contributed by atoms with E-state index in [1.54, 1.807) is 12.1 Å². The molecule has 1 aromatic carbocycles. The van der Waals surface area contributed by atoms with Gasteiger partial charge in [-0.25, -0.2) is 8.42 Å². The number of carbonyl (C=O) groups is 1. The average Bonchev–Trinajstić information content (AvgIpc) is 3.11. The Labute approximate surface area is 130 Å². The van der Waals surface area contributed by atoms with Gasteiger partial charge in [-0.2, -0.15) is 0 Å². The third kappa shape index (κ3) is 3.78. The van der Waals surface area contributed by atoms with Crippen LogP contribution >= 0.6 is 0 Å². The number of benzene rings is 1. The molecule has 0 bridgehead atoms. The number of nitrogens with one attached hydrogen (secondary N) is 2. The number of amides is 1. The molecule has 2 N–H and O–H groups in total. The molecule has 0 saturated carbocycles. The molecule has 2 aliphatic heterocycles. The Kier molecular flexibility index (Phi) is 4.35. The predicted octanol–water partition coefficient (Wildman–Crippen LogP) is 1.40. The number of hydrogen-bond donors (Lipinski definition) is 2. The summed E-state index contributed by atoms with van der Waals surface area (Å²) in [6.45, 7) is 0.644. The third-order valence-electron chi connectivity index (χ3n) is 3.98. The van der Waals surface area contributed by atoms with Crippen LogP contribution in [0.1, 0.15) is 19.3 Å². The van der Waals surface area contributed by atoms with Gasteiger partial charge in [-0.05, 0) is 43.5 Å². The zero-order valence-electron chi connectivity index (χ0n) is 12.2. The Morgan fingerprint density at radius 2 is 1.86 bits per heavy atom. The molecule has 120 valence electrons. The second-order valence-corrected chi connectivity index (χ2v) is 8.04. The van der Waals surface area contributed by atoms with E-state index in [2.05, 4.69) is 10.6 Å². The van der Waals surface area contributed by atoms with Crippen LogP contribution in [0.2, 0.25) is 0 Å². The first-order valence-corrected chi connectivity index (χ1v) is 9.33. The summed E-state index contributed by atoms with van der Waals surface area (Å²) in [5.74, 6) is 0.324. The van der Waals surface area contributed by atoms with Gasteiger partial charge < -0.3 is 15.4 Å². The molecule has 0 spiro atoms. The second kappa shape index (κ2) is 6.26. The fourth-order valence-corrected chi connectivity index (χ4v) is 4.47. The fraction of sp³-hybridized carbons (Fsp3) is 0.533. The summed E-state index contributed by atoms with van der Waals surface area (Å²) >= 11 is 0. The van der Waals surface area contributed by atoms with Crippen LogP contribution in [0.3, 0.4) is 0 Å². The molecule has 1 amide bonds.